The molecule has 0 radical (unpaired) electrons. The van der Waals surface area contributed by atoms with Crippen LogP contribution in [-0.2, 0) is 6.54 Å². The standard InChI is InChI=1S/C13H19N5/c1-13(9-14)2-4-17(10-13)8-11-6-16-12-7-15-3-5-18(11)12/h3,5-7H,2,4,8-10,14H2,1H3. The molecule has 3 rings (SSSR count). The Balaban J connectivity index is 1.78. The van der Waals surface area contributed by atoms with Crippen molar-refractivity contribution in [3.8, 4) is 0 Å². The van der Waals surface area contributed by atoms with Crippen LogP contribution < -0.4 is 5.73 Å². The van der Waals surface area contributed by atoms with Gasteiger partial charge in [-0.15, -0.1) is 0 Å². The van der Waals surface area contributed by atoms with Crippen LogP contribution in [0.4, 0.5) is 0 Å². The summed E-state index contributed by atoms with van der Waals surface area (Å²) in [7, 11) is 0. The summed E-state index contributed by atoms with van der Waals surface area (Å²) in [5.41, 5.74) is 8.25. The molecule has 0 aliphatic carbocycles. The normalized spacial score (nSPS) is 25.0. The van der Waals surface area contributed by atoms with Crippen molar-refractivity contribution < 1.29 is 0 Å². The molecule has 1 aliphatic heterocycles. The summed E-state index contributed by atoms with van der Waals surface area (Å²) in [5, 5.41) is 0. The minimum Gasteiger partial charge on any atom is -0.330 e. The topological polar surface area (TPSA) is 59.5 Å². The van der Waals surface area contributed by atoms with Gasteiger partial charge in [-0.2, -0.15) is 0 Å². The fraction of sp³-hybridized carbons (Fsp3) is 0.538. The number of rotatable bonds is 3. The second-order valence-electron chi connectivity index (χ2n) is 5.53. The Bertz CT molecular complexity index is 549. The van der Waals surface area contributed by atoms with E-state index in [1.807, 2.05) is 12.4 Å². The molecule has 2 aromatic heterocycles. The molecule has 0 spiro atoms. The highest BCUT2D eigenvalue weighted by atomic mass is 15.2. The van der Waals surface area contributed by atoms with E-state index in [4.69, 9.17) is 5.73 Å². The van der Waals surface area contributed by atoms with E-state index in [1.54, 1.807) is 12.4 Å². The van der Waals surface area contributed by atoms with Crippen LogP contribution in [0.2, 0.25) is 0 Å². The Kier molecular flexibility index (Phi) is 2.80. The molecular formula is C13H19N5. The number of imidazole rings is 1. The smallest absolute Gasteiger partial charge is 0.155 e. The number of nitrogens with zero attached hydrogens (tertiary/aromatic N) is 4. The molecule has 2 aromatic rings. The summed E-state index contributed by atoms with van der Waals surface area (Å²) in [6.45, 7) is 6.15. The van der Waals surface area contributed by atoms with E-state index in [1.165, 1.54) is 12.1 Å². The van der Waals surface area contributed by atoms with Gasteiger partial charge in [-0.1, -0.05) is 6.92 Å². The summed E-state index contributed by atoms with van der Waals surface area (Å²) in [6, 6.07) is 0. The van der Waals surface area contributed by atoms with Crippen molar-refractivity contribution in [1.82, 2.24) is 19.3 Å². The van der Waals surface area contributed by atoms with Gasteiger partial charge in [-0.05, 0) is 24.9 Å². The van der Waals surface area contributed by atoms with Gasteiger partial charge in [0.25, 0.3) is 0 Å². The van der Waals surface area contributed by atoms with E-state index in [2.05, 4.69) is 26.2 Å². The van der Waals surface area contributed by atoms with Gasteiger partial charge in [0.1, 0.15) is 0 Å². The van der Waals surface area contributed by atoms with E-state index >= 15 is 0 Å². The second-order valence-corrected chi connectivity index (χ2v) is 5.53. The fourth-order valence-corrected chi connectivity index (χ4v) is 2.67. The molecule has 1 aliphatic rings. The number of aromatic nitrogens is 3. The summed E-state index contributed by atoms with van der Waals surface area (Å²) in [4.78, 5) is 10.9. The van der Waals surface area contributed by atoms with Gasteiger partial charge in [-0.25, -0.2) is 4.98 Å². The van der Waals surface area contributed by atoms with Crippen molar-refractivity contribution in [1.29, 1.82) is 0 Å². The van der Waals surface area contributed by atoms with Gasteiger partial charge in [0.15, 0.2) is 5.65 Å². The average Bonchev–Trinajstić information content (AvgIpc) is 2.96. The third-order valence-electron chi connectivity index (χ3n) is 3.91. The molecule has 3 heterocycles. The first-order valence-electron chi connectivity index (χ1n) is 6.39. The van der Waals surface area contributed by atoms with Crippen LogP contribution in [0.3, 0.4) is 0 Å². The molecule has 1 unspecified atom stereocenters. The molecule has 0 aromatic carbocycles. The van der Waals surface area contributed by atoms with Crippen LogP contribution in [0, 0.1) is 5.41 Å². The van der Waals surface area contributed by atoms with Crippen LogP contribution in [0.5, 0.6) is 0 Å². The van der Waals surface area contributed by atoms with Gasteiger partial charge < -0.3 is 5.73 Å². The first kappa shape index (κ1) is 11.6. The van der Waals surface area contributed by atoms with Crippen molar-refractivity contribution in [2.75, 3.05) is 19.6 Å². The zero-order chi connectivity index (χ0) is 12.6. The largest absolute Gasteiger partial charge is 0.330 e. The zero-order valence-electron chi connectivity index (χ0n) is 10.7. The molecule has 2 N–H and O–H groups in total. The lowest BCUT2D eigenvalue weighted by atomic mass is 9.90. The van der Waals surface area contributed by atoms with Gasteiger partial charge in [0.2, 0.25) is 0 Å². The van der Waals surface area contributed by atoms with Crippen LogP contribution in [0.25, 0.3) is 5.65 Å². The van der Waals surface area contributed by atoms with Gasteiger partial charge in [0, 0.05) is 25.5 Å². The number of nitrogens with two attached hydrogens (primary N) is 1. The minimum absolute atomic E-state index is 0.280. The van der Waals surface area contributed by atoms with Crippen molar-refractivity contribution in [3.05, 3.63) is 30.5 Å². The fourth-order valence-electron chi connectivity index (χ4n) is 2.67. The van der Waals surface area contributed by atoms with Crippen LogP contribution in [0.1, 0.15) is 19.0 Å². The van der Waals surface area contributed by atoms with Crippen molar-refractivity contribution in [3.63, 3.8) is 0 Å². The predicted octanol–water partition coefficient (Wildman–Crippen LogP) is 0.900. The highest BCUT2D eigenvalue weighted by Crippen LogP contribution is 2.29. The number of hydrogen-bond donors (Lipinski definition) is 1. The van der Waals surface area contributed by atoms with E-state index in [-0.39, 0.29) is 5.41 Å². The highest BCUT2D eigenvalue weighted by Gasteiger charge is 2.32. The quantitative estimate of drug-likeness (QED) is 0.873. The Hall–Kier alpha value is -1.46. The van der Waals surface area contributed by atoms with E-state index in [9.17, 15) is 0 Å². The van der Waals surface area contributed by atoms with Gasteiger partial charge in [0.05, 0.1) is 18.1 Å². The van der Waals surface area contributed by atoms with E-state index in [0.29, 0.717) is 0 Å². The first-order chi connectivity index (χ1) is 8.70. The minimum atomic E-state index is 0.280. The SMILES string of the molecule is CC1(CN)CCN(Cc2cnc3cnccn23)C1. The van der Waals surface area contributed by atoms with Crippen LogP contribution >= 0.6 is 0 Å². The summed E-state index contributed by atoms with van der Waals surface area (Å²) < 4.78 is 2.10. The molecular weight excluding hydrogens is 226 g/mol. The third-order valence-corrected chi connectivity index (χ3v) is 3.91. The molecule has 1 atom stereocenters. The summed E-state index contributed by atoms with van der Waals surface area (Å²) in [6.07, 6.45) is 8.68. The number of likely N-dealkylation sites (tertiary alicyclic amines) is 1. The molecule has 5 nitrogen and oxygen atoms in total. The Morgan fingerprint density at radius 1 is 1.44 bits per heavy atom. The summed E-state index contributed by atoms with van der Waals surface area (Å²) >= 11 is 0. The highest BCUT2D eigenvalue weighted by molar-refractivity contribution is 5.36. The maximum Gasteiger partial charge on any atom is 0.155 e. The van der Waals surface area contributed by atoms with E-state index in [0.717, 1.165) is 31.8 Å². The van der Waals surface area contributed by atoms with Crippen molar-refractivity contribution >= 4 is 5.65 Å². The predicted molar refractivity (Wildman–Crippen MR) is 70.0 cm³/mol. The molecule has 1 fully saturated rings. The van der Waals surface area contributed by atoms with Crippen molar-refractivity contribution in [2.45, 2.75) is 19.9 Å². The Labute approximate surface area is 107 Å². The lowest BCUT2D eigenvalue weighted by Gasteiger charge is -2.22. The average molecular weight is 245 g/mol. The first-order valence-corrected chi connectivity index (χ1v) is 6.39. The lowest BCUT2D eigenvalue weighted by Crippen LogP contribution is -2.31. The number of hydrogen-bond acceptors (Lipinski definition) is 4. The Morgan fingerprint density at radius 3 is 3.11 bits per heavy atom. The third kappa shape index (κ3) is 2.00. The molecule has 0 bridgehead atoms. The van der Waals surface area contributed by atoms with Crippen LogP contribution in [-0.4, -0.2) is 38.9 Å². The summed E-state index contributed by atoms with van der Waals surface area (Å²) in [5.74, 6) is 0. The molecule has 5 heteroatoms. The molecule has 96 valence electrons. The number of fused-ring (bicyclic) bond motifs is 1. The van der Waals surface area contributed by atoms with Gasteiger partial charge >= 0.3 is 0 Å². The monoisotopic (exact) mass is 245 g/mol. The van der Waals surface area contributed by atoms with E-state index < -0.39 is 0 Å². The molecule has 0 saturated carbocycles. The molecule has 0 amide bonds. The second kappa shape index (κ2) is 4.33. The maximum atomic E-state index is 5.84. The Morgan fingerprint density at radius 2 is 2.33 bits per heavy atom. The zero-order valence-corrected chi connectivity index (χ0v) is 10.7. The molecule has 18 heavy (non-hydrogen) atoms. The van der Waals surface area contributed by atoms with Gasteiger partial charge in [-0.3, -0.25) is 14.3 Å². The maximum absolute atomic E-state index is 5.84. The van der Waals surface area contributed by atoms with Crippen LogP contribution in [0.15, 0.2) is 24.8 Å². The lowest BCUT2D eigenvalue weighted by molar-refractivity contribution is 0.271. The van der Waals surface area contributed by atoms with Crippen molar-refractivity contribution in [2.24, 2.45) is 11.1 Å². The molecule has 1 saturated heterocycles.